The number of benzene rings is 1. The van der Waals surface area contributed by atoms with Gasteiger partial charge >= 0.3 is 11.9 Å². The highest BCUT2D eigenvalue weighted by molar-refractivity contribution is 5.90. The van der Waals surface area contributed by atoms with Crippen molar-refractivity contribution in [2.45, 2.75) is 113 Å². The van der Waals surface area contributed by atoms with Crippen LogP contribution >= 0.6 is 0 Å². The second-order valence-corrected chi connectivity index (χ2v) is 19.1. The number of rotatable bonds is 11. The molecule has 9 atom stereocenters. The summed E-state index contributed by atoms with van der Waals surface area (Å²) in [5.74, 6) is 2.04. The third-order valence-electron chi connectivity index (χ3n) is 16.5. The number of fused-ring (bicyclic) bond motifs is 7. The highest BCUT2D eigenvalue weighted by atomic mass is 16.5. The van der Waals surface area contributed by atoms with E-state index in [0.29, 0.717) is 48.2 Å². The van der Waals surface area contributed by atoms with Crippen molar-refractivity contribution < 1.29 is 23.9 Å². The molecule has 0 saturated heterocycles. The molecule has 0 radical (unpaired) electrons. The Hall–Kier alpha value is -2.93. The Morgan fingerprint density at radius 1 is 0.868 bits per heavy atom. The van der Waals surface area contributed by atoms with E-state index < -0.39 is 0 Å². The summed E-state index contributed by atoms with van der Waals surface area (Å²) < 4.78 is 9.90. The quantitative estimate of drug-likeness (QED) is 0.181. The van der Waals surface area contributed by atoms with Crippen LogP contribution in [-0.4, -0.2) is 63.1 Å². The highest BCUT2D eigenvalue weighted by Gasteiger charge is 2.71. The van der Waals surface area contributed by atoms with E-state index in [9.17, 15) is 14.4 Å². The molecule has 1 N–H and O–H groups in total. The van der Waals surface area contributed by atoms with Crippen molar-refractivity contribution in [1.82, 2.24) is 10.2 Å². The number of allylic oxidation sites excluding steroid dienone is 3. The molecule has 0 spiro atoms. The van der Waals surface area contributed by atoms with Crippen molar-refractivity contribution in [1.29, 1.82) is 0 Å². The third kappa shape index (κ3) is 6.33. The van der Waals surface area contributed by atoms with E-state index >= 15 is 0 Å². The van der Waals surface area contributed by atoms with Crippen molar-refractivity contribution in [2.24, 2.45) is 56.7 Å². The molecule has 0 aromatic heterocycles. The molecule has 53 heavy (non-hydrogen) atoms. The van der Waals surface area contributed by atoms with Crippen molar-refractivity contribution in [3.63, 3.8) is 0 Å². The van der Waals surface area contributed by atoms with Gasteiger partial charge in [0.15, 0.2) is 0 Å². The van der Waals surface area contributed by atoms with Gasteiger partial charge in [-0.15, -0.1) is 0 Å². The zero-order valence-electron chi connectivity index (χ0n) is 34.4. The van der Waals surface area contributed by atoms with Crippen LogP contribution in [0.2, 0.25) is 0 Å². The second-order valence-electron chi connectivity index (χ2n) is 19.1. The van der Waals surface area contributed by atoms with Crippen LogP contribution in [0, 0.1) is 56.7 Å². The summed E-state index contributed by atoms with van der Waals surface area (Å²) in [6.07, 6.45) is 13.4. The maximum atomic E-state index is 14.6. The molecular formula is C46H68N2O5. The van der Waals surface area contributed by atoms with Crippen LogP contribution in [0.5, 0.6) is 0 Å². The normalized spacial score (nSPS) is 36.9. The van der Waals surface area contributed by atoms with Gasteiger partial charge in [-0.3, -0.25) is 14.5 Å². The number of methoxy groups -OCH3 is 2. The Morgan fingerprint density at radius 3 is 2.23 bits per heavy atom. The van der Waals surface area contributed by atoms with Crippen LogP contribution in [0.4, 0.5) is 0 Å². The molecule has 0 heterocycles. The van der Waals surface area contributed by atoms with E-state index in [1.54, 1.807) is 0 Å². The summed E-state index contributed by atoms with van der Waals surface area (Å²) in [6.45, 7) is 23.9. The number of ether oxygens (including phenoxy) is 2. The van der Waals surface area contributed by atoms with E-state index in [1.807, 2.05) is 12.1 Å². The lowest BCUT2D eigenvalue weighted by atomic mass is 9.32. The summed E-state index contributed by atoms with van der Waals surface area (Å²) in [7, 11) is 2.87. The summed E-state index contributed by atoms with van der Waals surface area (Å²) in [6, 6.07) is 8.02. The molecule has 0 bridgehead atoms. The topological polar surface area (TPSA) is 84.9 Å². The molecule has 1 aromatic rings. The summed E-state index contributed by atoms with van der Waals surface area (Å²) >= 11 is 0. The Morgan fingerprint density at radius 2 is 1.58 bits per heavy atom. The Kier molecular flexibility index (Phi) is 11.0. The zero-order chi connectivity index (χ0) is 38.6. The van der Waals surface area contributed by atoms with E-state index in [4.69, 9.17) is 9.47 Å². The predicted molar refractivity (Wildman–Crippen MR) is 212 cm³/mol. The minimum Gasteiger partial charge on any atom is -0.468 e. The van der Waals surface area contributed by atoms with Crippen LogP contribution in [0.15, 0.2) is 42.5 Å². The molecule has 7 heteroatoms. The van der Waals surface area contributed by atoms with Crippen molar-refractivity contribution in [3.05, 3.63) is 53.6 Å². The lowest BCUT2D eigenvalue weighted by Gasteiger charge is -2.72. The second kappa shape index (κ2) is 14.6. The summed E-state index contributed by atoms with van der Waals surface area (Å²) in [4.78, 5) is 40.9. The minimum atomic E-state index is -0.357. The van der Waals surface area contributed by atoms with E-state index in [2.05, 4.69) is 83.5 Å². The highest BCUT2D eigenvalue weighted by Crippen LogP contribution is 2.77. The van der Waals surface area contributed by atoms with E-state index in [0.717, 1.165) is 45.1 Å². The summed E-state index contributed by atoms with van der Waals surface area (Å²) in [5, 5.41) is 3.42. The number of esters is 2. The van der Waals surface area contributed by atoms with Gasteiger partial charge in [-0.2, -0.15) is 0 Å². The van der Waals surface area contributed by atoms with E-state index in [1.165, 1.54) is 56.6 Å². The van der Waals surface area contributed by atoms with Crippen LogP contribution in [-0.2, 0) is 19.1 Å². The molecule has 1 unspecified atom stereocenters. The monoisotopic (exact) mass is 729 g/mol. The van der Waals surface area contributed by atoms with Crippen LogP contribution in [0.3, 0.4) is 0 Å². The fourth-order valence-electron chi connectivity index (χ4n) is 13.9. The fraction of sp³-hybridized carbons (Fsp3) is 0.717. The van der Waals surface area contributed by atoms with Gasteiger partial charge < -0.3 is 14.8 Å². The molecule has 0 aliphatic heterocycles. The Bertz CT molecular complexity index is 1610. The molecule has 4 fully saturated rings. The molecular weight excluding hydrogens is 661 g/mol. The smallest absolute Gasteiger partial charge is 0.337 e. The maximum Gasteiger partial charge on any atom is 0.337 e. The number of hydrogen-bond acceptors (Lipinski definition) is 6. The average Bonchev–Trinajstić information content (AvgIpc) is 3.53. The molecule has 5 aliphatic carbocycles. The molecule has 6 rings (SSSR count). The third-order valence-corrected chi connectivity index (χ3v) is 16.5. The number of carbonyl (C=O) groups is 3. The lowest BCUT2D eigenvalue weighted by molar-refractivity contribution is -0.225. The zero-order valence-corrected chi connectivity index (χ0v) is 34.4. The van der Waals surface area contributed by atoms with Gasteiger partial charge in [0, 0.05) is 13.1 Å². The van der Waals surface area contributed by atoms with Crippen molar-refractivity contribution in [2.75, 3.05) is 40.4 Å². The van der Waals surface area contributed by atoms with E-state index in [-0.39, 0.29) is 51.5 Å². The molecule has 1 aromatic carbocycles. The number of nitrogens with zero attached hydrogens (tertiary/aromatic N) is 1. The molecule has 1 amide bonds. The van der Waals surface area contributed by atoms with Gasteiger partial charge in [0.25, 0.3) is 0 Å². The van der Waals surface area contributed by atoms with Crippen LogP contribution in [0.1, 0.15) is 129 Å². The van der Waals surface area contributed by atoms with Gasteiger partial charge in [0.05, 0.1) is 31.7 Å². The van der Waals surface area contributed by atoms with Gasteiger partial charge in [-0.1, -0.05) is 71.9 Å². The van der Waals surface area contributed by atoms with Crippen molar-refractivity contribution in [3.8, 4) is 0 Å². The first-order valence-corrected chi connectivity index (χ1v) is 20.7. The average molecular weight is 729 g/mol. The lowest BCUT2D eigenvalue weighted by Crippen LogP contribution is -2.66. The standard InChI is InChI=1S/C46H68N2O5/c1-11-27-48(29-38(49)52-9)28-26-47-41(51)46-23-18-33(30(2)3)39(46)35-16-17-37-43(6)21-19-34(31-12-14-32(15-13-31)40(50)53-10)42(4,5)36(43)20-22-45(37,8)44(35,7)24-25-46/h12-15,19,33,35-37,39H,2,11,16-18,20-29H2,1,3-10H3,(H,47,51)/t33-,35?,36-,37+,39+,43-,44+,45+,46-/m0/s1. The minimum absolute atomic E-state index is 0.00126. The number of carbonyl (C=O) groups excluding carboxylic acids is 3. The largest absolute Gasteiger partial charge is 0.468 e. The fourth-order valence-corrected chi connectivity index (χ4v) is 13.9. The number of hydrogen-bond donors (Lipinski definition) is 1. The first kappa shape index (κ1) is 39.8. The Labute approximate surface area is 320 Å². The summed E-state index contributed by atoms with van der Waals surface area (Å²) in [5.41, 5.74) is 4.61. The molecule has 7 nitrogen and oxygen atoms in total. The van der Waals surface area contributed by atoms with Crippen LogP contribution in [0.25, 0.3) is 5.57 Å². The van der Waals surface area contributed by atoms with Gasteiger partial charge in [-0.05, 0) is 152 Å². The van der Waals surface area contributed by atoms with Gasteiger partial charge in [0.2, 0.25) is 5.91 Å². The molecule has 5 aliphatic rings. The van der Waals surface area contributed by atoms with Gasteiger partial charge in [0.1, 0.15) is 0 Å². The molecule has 4 saturated carbocycles. The van der Waals surface area contributed by atoms with Crippen molar-refractivity contribution >= 4 is 23.4 Å². The number of amides is 1. The maximum absolute atomic E-state index is 14.6. The SMILES string of the molecule is C=C(C)[C@@H]1CC[C@]2(C(=O)NCCN(CCC)CC(=O)OC)CC[C@]3(C)C(CC[C@@H]4[C@@]5(C)CC=C(c6ccc(C(=O)OC)cc6)C(C)(C)[C@@H]5CC[C@]43C)[C@@H]12. The first-order chi connectivity index (χ1) is 25.0. The first-order valence-electron chi connectivity index (χ1n) is 20.7. The van der Waals surface area contributed by atoms with Crippen LogP contribution < -0.4 is 5.32 Å². The van der Waals surface area contributed by atoms with Gasteiger partial charge in [-0.25, -0.2) is 4.79 Å². The predicted octanol–water partition coefficient (Wildman–Crippen LogP) is 9.13. The number of nitrogens with one attached hydrogen (secondary N) is 1. The molecule has 292 valence electrons. The Balaban J connectivity index is 1.26.